The average Bonchev–Trinajstić information content (AvgIpc) is 2.34. The van der Waals surface area contributed by atoms with E-state index >= 15 is 0 Å². The number of nitrogens with zero attached hydrogens (tertiary/aromatic N) is 2. The number of aromatic nitrogens is 2. The molecular weight excluding hydrogens is 278 g/mol. The van der Waals surface area contributed by atoms with Crippen LogP contribution in [0.5, 0.6) is 5.88 Å². The summed E-state index contributed by atoms with van der Waals surface area (Å²) in [5, 5.41) is 1.05. The molecule has 2 aromatic heterocycles. The minimum atomic E-state index is -2.61. The zero-order chi connectivity index (χ0) is 14.0. The lowest BCUT2D eigenvalue weighted by molar-refractivity contribution is 0.0803. The van der Waals surface area contributed by atoms with Gasteiger partial charge in [-0.25, -0.2) is 18.7 Å². The van der Waals surface area contributed by atoms with Crippen LogP contribution in [-0.4, -0.2) is 28.8 Å². The van der Waals surface area contributed by atoms with E-state index in [-0.39, 0.29) is 16.8 Å². The zero-order valence-corrected chi connectivity index (χ0v) is 10.6. The van der Waals surface area contributed by atoms with E-state index < -0.39 is 13.0 Å². The van der Waals surface area contributed by atoms with Gasteiger partial charge in [0.2, 0.25) is 5.88 Å². The first-order valence-corrected chi connectivity index (χ1v) is 5.73. The Hall–Kier alpha value is -1.82. The summed E-state index contributed by atoms with van der Waals surface area (Å²) < 4.78 is 29.2. The van der Waals surface area contributed by atoms with Crippen LogP contribution in [0, 0.1) is 0 Å². The third-order valence-electron chi connectivity index (χ3n) is 2.43. The maximum absolute atomic E-state index is 12.1. The van der Waals surface area contributed by atoms with Gasteiger partial charge in [0.05, 0.1) is 5.39 Å². The minimum absolute atomic E-state index is 0.00414. The fourth-order valence-electron chi connectivity index (χ4n) is 1.62. The summed E-state index contributed by atoms with van der Waals surface area (Å²) >= 11 is 5.77. The molecule has 0 N–H and O–H groups in total. The highest BCUT2D eigenvalue weighted by Crippen LogP contribution is 2.28. The molecule has 0 fully saturated rings. The third kappa shape index (κ3) is 2.96. The average molecular weight is 287 g/mol. The Morgan fingerprint density at radius 1 is 1.37 bits per heavy atom. The van der Waals surface area contributed by atoms with Gasteiger partial charge in [0.25, 0.3) is 6.43 Å². The van der Waals surface area contributed by atoms with Gasteiger partial charge in [0.15, 0.2) is 12.4 Å². The zero-order valence-electron chi connectivity index (χ0n) is 9.86. The number of hydrogen-bond acceptors (Lipinski definition) is 4. The predicted octanol–water partition coefficient (Wildman–Crippen LogP) is 3.13. The van der Waals surface area contributed by atoms with E-state index in [4.69, 9.17) is 16.3 Å². The van der Waals surface area contributed by atoms with Crippen molar-refractivity contribution in [3.05, 3.63) is 29.2 Å². The van der Waals surface area contributed by atoms with Gasteiger partial charge >= 0.3 is 0 Å². The number of carbonyl (C=O) groups excluding carboxylic acids is 1. The van der Waals surface area contributed by atoms with Gasteiger partial charge in [-0.2, -0.15) is 0 Å². The molecule has 0 bridgehead atoms. The predicted molar refractivity (Wildman–Crippen MR) is 66.1 cm³/mol. The van der Waals surface area contributed by atoms with Crippen molar-refractivity contribution in [1.29, 1.82) is 0 Å². The van der Waals surface area contributed by atoms with Crippen LogP contribution in [0.25, 0.3) is 10.8 Å². The van der Waals surface area contributed by atoms with Gasteiger partial charge in [0.1, 0.15) is 5.15 Å². The molecule has 100 valence electrons. The number of Topliss-reactive ketones (excluding diaryl/α,β-unsaturated/α-hetero) is 1. The molecule has 19 heavy (non-hydrogen) atoms. The Labute approximate surface area is 112 Å². The van der Waals surface area contributed by atoms with Crippen LogP contribution < -0.4 is 4.74 Å². The molecule has 0 aliphatic heterocycles. The van der Waals surface area contributed by atoms with Gasteiger partial charge in [-0.1, -0.05) is 11.6 Å². The maximum atomic E-state index is 12.1. The summed E-state index contributed by atoms with van der Waals surface area (Å²) in [7, 11) is 0. The summed E-state index contributed by atoms with van der Waals surface area (Å²) in [5.41, 5.74) is 0.337. The Kier molecular flexibility index (Phi) is 3.90. The Bertz CT molecular complexity index is 634. The second kappa shape index (κ2) is 5.44. The highest BCUT2D eigenvalue weighted by atomic mass is 35.5. The highest BCUT2D eigenvalue weighted by Gasteiger charge is 2.14. The third-order valence-corrected chi connectivity index (χ3v) is 2.63. The van der Waals surface area contributed by atoms with Crippen molar-refractivity contribution in [2.45, 2.75) is 13.3 Å². The van der Waals surface area contributed by atoms with E-state index in [1.54, 1.807) is 0 Å². The quantitative estimate of drug-likeness (QED) is 0.640. The molecule has 0 spiro atoms. The fourth-order valence-corrected chi connectivity index (χ4v) is 1.78. The molecule has 2 heterocycles. The van der Waals surface area contributed by atoms with Crippen molar-refractivity contribution in [3.8, 4) is 5.88 Å². The summed E-state index contributed by atoms with van der Waals surface area (Å²) in [6.07, 6.45) is 0.0179. The molecule has 0 saturated heterocycles. The van der Waals surface area contributed by atoms with E-state index in [9.17, 15) is 13.6 Å². The molecule has 2 aromatic rings. The number of alkyl halides is 2. The number of rotatable bonds is 4. The van der Waals surface area contributed by atoms with Crippen molar-refractivity contribution in [2.75, 3.05) is 6.61 Å². The van der Waals surface area contributed by atoms with E-state index in [2.05, 4.69) is 9.97 Å². The lowest BCUT2D eigenvalue weighted by atomic mass is 10.1. The molecule has 0 amide bonds. The maximum Gasteiger partial charge on any atom is 0.272 e. The number of ether oxygens (including phenoxy) is 1. The van der Waals surface area contributed by atoms with Crippen LogP contribution in [0.2, 0.25) is 5.15 Å². The van der Waals surface area contributed by atoms with E-state index in [1.165, 1.54) is 25.4 Å². The number of hydrogen-bond donors (Lipinski definition) is 0. The number of fused-ring (bicyclic) bond motifs is 1. The second-order valence-corrected chi connectivity index (χ2v) is 4.18. The summed E-state index contributed by atoms with van der Waals surface area (Å²) in [6.45, 7) is 0.606. The molecule has 2 rings (SSSR count). The van der Waals surface area contributed by atoms with E-state index in [0.717, 1.165) is 0 Å². The van der Waals surface area contributed by atoms with E-state index in [1.807, 2.05) is 0 Å². The van der Waals surface area contributed by atoms with Gasteiger partial charge in [0, 0.05) is 23.3 Å². The van der Waals surface area contributed by atoms with Crippen LogP contribution in [0.4, 0.5) is 8.78 Å². The largest absolute Gasteiger partial charge is 0.471 e. The van der Waals surface area contributed by atoms with Crippen LogP contribution in [0.1, 0.15) is 17.3 Å². The van der Waals surface area contributed by atoms with Gasteiger partial charge < -0.3 is 4.74 Å². The summed E-state index contributed by atoms with van der Waals surface area (Å²) in [6, 6.07) is 1.48. The Morgan fingerprint density at radius 3 is 2.74 bits per heavy atom. The molecular formula is C12H9ClF2N2O2. The molecule has 0 aromatic carbocycles. The topological polar surface area (TPSA) is 52.1 Å². The standard InChI is InChI=1S/C12H9ClF2N2O2/c1-6(18)8-3-17-12(19-5-11(14)15)9-4-16-10(13)2-7(8)9/h2-4,11H,5H2,1H3. The van der Waals surface area contributed by atoms with Crippen molar-refractivity contribution < 1.29 is 18.3 Å². The molecule has 4 nitrogen and oxygen atoms in total. The van der Waals surface area contributed by atoms with Crippen molar-refractivity contribution >= 4 is 28.2 Å². The Morgan fingerprint density at radius 2 is 2.11 bits per heavy atom. The van der Waals surface area contributed by atoms with Crippen molar-refractivity contribution in [3.63, 3.8) is 0 Å². The number of carbonyl (C=O) groups is 1. The SMILES string of the molecule is CC(=O)c1cnc(OCC(F)F)c2cnc(Cl)cc12. The lowest BCUT2D eigenvalue weighted by Gasteiger charge is -2.09. The van der Waals surface area contributed by atoms with Crippen LogP contribution in [0.15, 0.2) is 18.5 Å². The molecule has 0 saturated carbocycles. The minimum Gasteiger partial charge on any atom is -0.471 e. The lowest BCUT2D eigenvalue weighted by Crippen LogP contribution is -2.09. The van der Waals surface area contributed by atoms with Gasteiger partial charge in [-0.15, -0.1) is 0 Å². The molecule has 0 radical (unpaired) electrons. The fraction of sp³-hybridized carbons (Fsp3) is 0.250. The monoisotopic (exact) mass is 286 g/mol. The molecule has 0 unspecified atom stereocenters. The van der Waals surface area contributed by atoms with Crippen LogP contribution in [-0.2, 0) is 0 Å². The molecule has 0 aliphatic rings. The second-order valence-electron chi connectivity index (χ2n) is 3.79. The van der Waals surface area contributed by atoms with Gasteiger partial charge in [-0.3, -0.25) is 4.79 Å². The first-order chi connectivity index (χ1) is 8.99. The first kappa shape index (κ1) is 13.6. The van der Waals surface area contributed by atoms with Gasteiger partial charge in [-0.05, 0) is 13.0 Å². The molecule has 7 heteroatoms. The van der Waals surface area contributed by atoms with Crippen LogP contribution in [0.3, 0.4) is 0 Å². The van der Waals surface area contributed by atoms with E-state index in [0.29, 0.717) is 16.3 Å². The highest BCUT2D eigenvalue weighted by molar-refractivity contribution is 6.30. The normalized spacial score (nSPS) is 11.0. The van der Waals surface area contributed by atoms with Crippen LogP contribution >= 0.6 is 11.6 Å². The Balaban J connectivity index is 2.56. The number of ketones is 1. The molecule has 0 aliphatic carbocycles. The van der Waals surface area contributed by atoms with Crippen molar-refractivity contribution in [2.24, 2.45) is 0 Å². The first-order valence-electron chi connectivity index (χ1n) is 5.35. The summed E-state index contributed by atoms with van der Waals surface area (Å²) in [4.78, 5) is 19.2. The number of pyridine rings is 2. The number of halogens is 3. The smallest absolute Gasteiger partial charge is 0.272 e. The molecule has 0 atom stereocenters. The summed E-state index contributed by atoms with van der Waals surface area (Å²) in [5.74, 6) is -0.204. The van der Waals surface area contributed by atoms with Crippen molar-refractivity contribution in [1.82, 2.24) is 9.97 Å².